The Morgan fingerprint density at radius 1 is 1.24 bits per heavy atom. The summed E-state index contributed by atoms with van der Waals surface area (Å²) < 4.78 is 38.1. The standard InChI is InChI=1S/C19H24N4O5S/c20-17(24)12-27-15-5-7-16(8-6-15)29(25,26)23-9-1-2-13(11-23)10-18-21-19(22-28-18)14-3-4-14/h5-8,13-14H,1-4,9-12H2,(H2,20,24). The van der Waals surface area contributed by atoms with Crippen LogP contribution in [0.2, 0.25) is 0 Å². The molecule has 1 aromatic heterocycles. The van der Waals surface area contributed by atoms with Crippen LogP contribution >= 0.6 is 0 Å². The molecule has 1 aliphatic carbocycles. The molecule has 29 heavy (non-hydrogen) atoms. The number of benzene rings is 1. The van der Waals surface area contributed by atoms with Crippen LogP contribution in [0.25, 0.3) is 0 Å². The number of nitrogens with two attached hydrogens (primary N) is 1. The summed E-state index contributed by atoms with van der Waals surface area (Å²) >= 11 is 0. The largest absolute Gasteiger partial charge is 0.484 e. The van der Waals surface area contributed by atoms with Gasteiger partial charge in [-0.05, 0) is 55.9 Å². The van der Waals surface area contributed by atoms with Gasteiger partial charge in [0.15, 0.2) is 12.4 Å². The van der Waals surface area contributed by atoms with Crippen LogP contribution in [-0.2, 0) is 21.2 Å². The second-order valence-electron chi connectivity index (χ2n) is 7.62. The highest BCUT2D eigenvalue weighted by molar-refractivity contribution is 7.89. The van der Waals surface area contributed by atoms with Gasteiger partial charge in [-0.25, -0.2) is 8.42 Å². The van der Waals surface area contributed by atoms with E-state index in [2.05, 4.69) is 10.1 Å². The number of piperidine rings is 1. The molecule has 1 saturated heterocycles. The first-order valence-corrected chi connectivity index (χ1v) is 11.2. The topological polar surface area (TPSA) is 129 Å². The van der Waals surface area contributed by atoms with Gasteiger partial charge in [0.2, 0.25) is 15.9 Å². The number of sulfonamides is 1. The SMILES string of the molecule is NC(=O)COc1ccc(S(=O)(=O)N2CCCC(Cc3nc(C4CC4)no3)C2)cc1. The van der Waals surface area contributed by atoms with Crippen LogP contribution in [0.5, 0.6) is 5.75 Å². The Balaban J connectivity index is 1.40. The Kier molecular flexibility index (Phi) is 5.55. The van der Waals surface area contributed by atoms with Crippen LogP contribution in [-0.4, -0.2) is 48.5 Å². The first kappa shape index (κ1) is 19.8. The number of hydrogen-bond acceptors (Lipinski definition) is 7. The van der Waals surface area contributed by atoms with E-state index in [-0.39, 0.29) is 17.4 Å². The monoisotopic (exact) mass is 420 g/mol. The number of amides is 1. The predicted molar refractivity (Wildman–Crippen MR) is 103 cm³/mol. The van der Waals surface area contributed by atoms with Crippen molar-refractivity contribution in [1.82, 2.24) is 14.4 Å². The molecule has 4 rings (SSSR count). The van der Waals surface area contributed by atoms with E-state index < -0.39 is 15.9 Å². The predicted octanol–water partition coefficient (Wildman–Crippen LogP) is 1.45. The zero-order chi connectivity index (χ0) is 20.4. The fourth-order valence-electron chi connectivity index (χ4n) is 3.53. The highest BCUT2D eigenvalue weighted by atomic mass is 32.2. The van der Waals surface area contributed by atoms with Gasteiger partial charge in [0.05, 0.1) is 4.90 Å². The Bertz CT molecular complexity index is 969. The van der Waals surface area contributed by atoms with Gasteiger partial charge in [-0.15, -0.1) is 0 Å². The van der Waals surface area contributed by atoms with Gasteiger partial charge in [-0.3, -0.25) is 4.79 Å². The molecule has 2 N–H and O–H groups in total. The summed E-state index contributed by atoms with van der Waals surface area (Å²) in [6.45, 7) is 0.650. The molecule has 1 aromatic carbocycles. The number of nitrogens with zero attached hydrogens (tertiary/aromatic N) is 3. The minimum absolute atomic E-state index is 0.143. The number of aromatic nitrogens is 2. The zero-order valence-corrected chi connectivity index (χ0v) is 16.8. The molecular weight excluding hydrogens is 396 g/mol. The Morgan fingerprint density at radius 3 is 2.69 bits per heavy atom. The fraction of sp³-hybridized carbons (Fsp3) is 0.526. The summed E-state index contributed by atoms with van der Waals surface area (Å²) in [5, 5.41) is 4.03. The van der Waals surface area contributed by atoms with E-state index in [0.29, 0.717) is 37.1 Å². The van der Waals surface area contributed by atoms with Crippen molar-refractivity contribution < 1.29 is 22.5 Å². The maximum Gasteiger partial charge on any atom is 0.255 e. The third-order valence-electron chi connectivity index (χ3n) is 5.21. The molecular formula is C19H24N4O5S. The molecule has 1 aliphatic heterocycles. The molecule has 1 atom stereocenters. The first-order valence-electron chi connectivity index (χ1n) is 9.75. The first-order chi connectivity index (χ1) is 13.9. The number of hydrogen-bond donors (Lipinski definition) is 1. The van der Waals surface area contributed by atoms with Crippen LogP contribution in [0.4, 0.5) is 0 Å². The summed E-state index contributed by atoms with van der Waals surface area (Å²) in [6.07, 6.45) is 4.52. The molecule has 1 saturated carbocycles. The number of carbonyl (C=O) groups excluding carboxylic acids is 1. The van der Waals surface area contributed by atoms with Crippen molar-refractivity contribution in [3.8, 4) is 5.75 Å². The molecule has 2 aliphatic rings. The van der Waals surface area contributed by atoms with E-state index in [0.717, 1.165) is 31.5 Å². The molecule has 1 amide bonds. The molecule has 2 fully saturated rings. The average Bonchev–Trinajstić information content (AvgIpc) is 3.46. The minimum atomic E-state index is -3.61. The van der Waals surface area contributed by atoms with E-state index in [9.17, 15) is 13.2 Å². The molecule has 9 nitrogen and oxygen atoms in total. The van der Waals surface area contributed by atoms with E-state index in [1.54, 1.807) is 0 Å². The van der Waals surface area contributed by atoms with Crippen molar-refractivity contribution in [2.75, 3.05) is 19.7 Å². The highest BCUT2D eigenvalue weighted by Crippen LogP contribution is 2.38. The van der Waals surface area contributed by atoms with Gasteiger partial charge in [0.25, 0.3) is 5.91 Å². The normalized spacial score (nSPS) is 20.5. The van der Waals surface area contributed by atoms with Crippen LogP contribution < -0.4 is 10.5 Å². The van der Waals surface area contributed by atoms with Crippen molar-refractivity contribution >= 4 is 15.9 Å². The number of ether oxygens (including phenoxy) is 1. The Hall–Kier alpha value is -2.46. The molecule has 0 bridgehead atoms. The zero-order valence-electron chi connectivity index (χ0n) is 16.0. The van der Waals surface area contributed by atoms with Crippen molar-refractivity contribution in [1.29, 1.82) is 0 Å². The lowest BCUT2D eigenvalue weighted by Crippen LogP contribution is -2.40. The van der Waals surface area contributed by atoms with Gasteiger partial charge in [0, 0.05) is 25.4 Å². The van der Waals surface area contributed by atoms with Crippen LogP contribution in [0.1, 0.15) is 43.3 Å². The van der Waals surface area contributed by atoms with Gasteiger partial charge >= 0.3 is 0 Å². The molecule has 1 unspecified atom stereocenters. The molecule has 2 heterocycles. The number of primary amides is 1. The van der Waals surface area contributed by atoms with Crippen molar-refractivity contribution in [2.45, 2.75) is 42.9 Å². The number of rotatable bonds is 8. The second kappa shape index (κ2) is 8.11. The van der Waals surface area contributed by atoms with Crippen LogP contribution in [0.3, 0.4) is 0 Å². The van der Waals surface area contributed by atoms with E-state index in [1.807, 2.05) is 0 Å². The second-order valence-corrected chi connectivity index (χ2v) is 9.56. The maximum absolute atomic E-state index is 13.0. The van der Waals surface area contributed by atoms with Crippen molar-refractivity contribution in [3.63, 3.8) is 0 Å². The van der Waals surface area contributed by atoms with Crippen molar-refractivity contribution in [3.05, 3.63) is 36.0 Å². The van der Waals surface area contributed by atoms with Gasteiger partial charge < -0.3 is 15.0 Å². The smallest absolute Gasteiger partial charge is 0.255 e. The lowest BCUT2D eigenvalue weighted by Gasteiger charge is -2.31. The lowest BCUT2D eigenvalue weighted by molar-refractivity contribution is -0.119. The Labute approximate surface area is 169 Å². The molecule has 0 radical (unpaired) electrons. The highest BCUT2D eigenvalue weighted by Gasteiger charge is 2.32. The summed E-state index contributed by atoms with van der Waals surface area (Å²) in [5.41, 5.74) is 5.04. The van der Waals surface area contributed by atoms with E-state index in [4.69, 9.17) is 15.0 Å². The lowest BCUT2D eigenvalue weighted by atomic mass is 9.96. The average molecular weight is 420 g/mol. The molecule has 2 aromatic rings. The third kappa shape index (κ3) is 4.76. The van der Waals surface area contributed by atoms with Gasteiger partial charge in [-0.2, -0.15) is 9.29 Å². The fourth-order valence-corrected chi connectivity index (χ4v) is 5.08. The minimum Gasteiger partial charge on any atom is -0.484 e. The van der Waals surface area contributed by atoms with Crippen LogP contribution in [0.15, 0.2) is 33.7 Å². The summed E-state index contributed by atoms with van der Waals surface area (Å²) in [7, 11) is -3.61. The maximum atomic E-state index is 13.0. The number of carbonyl (C=O) groups is 1. The Morgan fingerprint density at radius 2 is 2.00 bits per heavy atom. The van der Waals surface area contributed by atoms with Crippen LogP contribution in [0, 0.1) is 5.92 Å². The van der Waals surface area contributed by atoms with Gasteiger partial charge in [0.1, 0.15) is 5.75 Å². The summed E-state index contributed by atoms with van der Waals surface area (Å²) in [6, 6.07) is 6.01. The molecule has 10 heteroatoms. The third-order valence-corrected chi connectivity index (χ3v) is 7.09. The van der Waals surface area contributed by atoms with Crippen molar-refractivity contribution in [2.24, 2.45) is 11.7 Å². The van der Waals surface area contributed by atoms with Gasteiger partial charge in [-0.1, -0.05) is 5.16 Å². The van der Waals surface area contributed by atoms with E-state index in [1.165, 1.54) is 28.6 Å². The summed E-state index contributed by atoms with van der Waals surface area (Å²) in [5.74, 6) is 1.74. The van der Waals surface area contributed by atoms with E-state index >= 15 is 0 Å². The quantitative estimate of drug-likeness (QED) is 0.684. The molecule has 156 valence electrons. The molecule has 0 spiro atoms. The summed E-state index contributed by atoms with van der Waals surface area (Å²) in [4.78, 5) is 15.4.